The first-order chi connectivity index (χ1) is 11.7. The Morgan fingerprint density at radius 1 is 1.08 bits per heavy atom. The van der Waals surface area contributed by atoms with Crippen LogP contribution >= 0.6 is 0 Å². The van der Waals surface area contributed by atoms with E-state index in [2.05, 4.69) is 4.98 Å². The van der Waals surface area contributed by atoms with E-state index in [1.807, 2.05) is 30.3 Å². The van der Waals surface area contributed by atoms with Crippen LogP contribution in [0.1, 0.15) is 25.7 Å². The first-order valence-corrected chi connectivity index (χ1v) is 8.17. The van der Waals surface area contributed by atoms with Crippen molar-refractivity contribution in [1.29, 1.82) is 0 Å². The fraction of sp³-hybridized carbons (Fsp3) is 0.263. The van der Waals surface area contributed by atoms with Gasteiger partial charge in [-0.3, -0.25) is 0 Å². The van der Waals surface area contributed by atoms with E-state index in [0.717, 1.165) is 30.4 Å². The van der Waals surface area contributed by atoms with Gasteiger partial charge in [-0.1, -0.05) is 18.2 Å². The molecule has 1 aliphatic carbocycles. The van der Waals surface area contributed by atoms with Crippen LogP contribution in [0.2, 0.25) is 0 Å². The Hall–Kier alpha value is -2.69. The van der Waals surface area contributed by atoms with Gasteiger partial charge in [0.1, 0.15) is 17.4 Å². The molecule has 0 spiro atoms. The van der Waals surface area contributed by atoms with Gasteiger partial charge >= 0.3 is 0 Å². The molecule has 0 unspecified atom stereocenters. The summed E-state index contributed by atoms with van der Waals surface area (Å²) < 4.78 is 20.3. The molecule has 4 rings (SSSR count). The van der Waals surface area contributed by atoms with Gasteiger partial charge in [-0.15, -0.1) is 0 Å². The molecule has 4 nitrogen and oxygen atoms in total. The highest BCUT2D eigenvalue weighted by Gasteiger charge is 2.26. The van der Waals surface area contributed by atoms with Crippen molar-refractivity contribution in [3.63, 3.8) is 0 Å². The van der Waals surface area contributed by atoms with Crippen LogP contribution in [-0.4, -0.2) is 11.1 Å². The normalized spacial score (nSPS) is 15.0. The van der Waals surface area contributed by atoms with Crippen molar-refractivity contribution >= 4 is 11.0 Å². The zero-order valence-electron chi connectivity index (χ0n) is 13.1. The molecule has 1 aliphatic rings. The molecule has 3 aromatic rings. The van der Waals surface area contributed by atoms with Crippen LogP contribution in [0, 0.1) is 11.0 Å². The first kappa shape index (κ1) is 14.9. The Kier molecular flexibility index (Phi) is 3.76. The molecule has 1 fully saturated rings. The van der Waals surface area contributed by atoms with E-state index in [0.29, 0.717) is 22.7 Å². The van der Waals surface area contributed by atoms with Crippen molar-refractivity contribution in [2.75, 3.05) is 0 Å². The predicted octanol–water partition coefficient (Wildman–Crippen LogP) is 4.00. The maximum atomic E-state index is 13.6. The minimum absolute atomic E-state index is 0.0814. The van der Waals surface area contributed by atoms with Gasteiger partial charge in [-0.05, 0) is 49.9 Å². The number of aromatic nitrogens is 2. The van der Waals surface area contributed by atoms with Gasteiger partial charge in [0.15, 0.2) is 0 Å². The second kappa shape index (κ2) is 6.07. The molecule has 24 heavy (non-hydrogen) atoms. The average Bonchev–Trinajstić information content (AvgIpc) is 3.10. The molecule has 0 N–H and O–H groups in total. The summed E-state index contributed by atoms with van der Waals surface area (Å²) in [6, 6.07) is 13.3. The molecule has 0 radical (unpaired) electrons. The molecule has 0 bridgehead atoms. The van der Waals surface area contributed by atoms with Gasteiger partial charge in [-0.25, -0.2) is 9.37 Å². The number of hydrogen-bond acceptors (Lipinski definition) is 3. The van der Waals surface area contributed by atoms with Gasteiger partial charge in [-0.2, -0.15) is 4.73 Å². The second-order valence-electron chi connectivity index (χ2n) is 6.08. The van der Waals surface area contributed by atoms with Gasteiger partial charge in [0.05, 0.1) is 5.56 Å². The lowest BCUT2D eigenvalue weighted by Gasteiger charge is -2.16. The van der Waals surface area contributed by atoms with Gasteiger partial charge in [0.2, 0.25) is 5.52 Å². The van der Waals surface area contributed by atoms with E-state index < -0.39 is 5.82 Å². The summed E-state index contributed by atoms with van der Waals surface area (Å²) in [4.78, 5) is 4.51. The van der Waals surface area contributed by atoms with Crippen LogP contribution in [0.3, 0.4) is 0 Å². The Bertz CT molecular complexity index is 877. The third kappa shape index (κ3) is 2.66. The van der Waals surface area contributed by atoms with Crippen molar-refractivity contribution in [3.8, 4) is 17.1 Å². The van der Waals surface area contributed by atoms with Crippen LogP contribution < -0.4 is 9.47 Å². The zero-order chi connectivity index (χ0) is 16.5. The molecular weight excluding hydrogens is 307 g/mol. The molecule has 5 heteroatoms. The van der Waals surface area contributed by atoms with Crippen molar-refractivity contribution in [1.82, 2.24) is 4.98 Å². The van der Waals surface area contributed by atoms with Crippen LogP contribution in [-0.2, 0) is 0 Å². The van der Waals surface area contributed by atoms with Crippen LogP contribution in [0.15, 0.2) is 48.5 Å². The van der Waals surface area contributed by atoms with Gasteiger partial charge in [0, 0.05) is 6.07 Å². The minimum atomic E-state index is -0.461. The number of hydrogen-bond donors (Lipinski definition) is 0. The summed E-state index contributed by atoms with van der Waals surface area (Å²) in [6.07, 6.45) is 4.27. The molecule has 2 aromatic carbocycles. The maximum absolute atomic E-state index is 13.6. The standard InChI is InChI=1S/C19H17FN2O2/c20-14-10-11-16-17(12-14)22(23)18(13-6-2-1-3-7-13)19(21-16)24-15-8-4-5-9-15/h1-3,6-7,10-12,15H,4-5,8-9H2. The lowest BCUT2D eigenvalue weighted by molar-refractivity contribution is -0.565. The Balaban J connectivity index is 1.92. The highest BCUT2D eigenvalue weighted by molar-refractivity contribution is 5.75. The molecule has 0 aliphatic heterocycles. The third-order valence-electron chi connectivity index (χ3n) is 4.41. The van der Waals surface area contributed by atoms with Crippen molar-refractivity contribution in [3.05, 3.63) is 59.6 Å². The summed E-state index contributed by atoms with van der Waals surface area (Å²) in [6.45, 7) is 0. The monoisotopic (exact) mass is 324 g/mol. The minimum Gasteiger partial charge on any atom is -0.618 e. The molecule has 122 valence electrons. The SMILES string of the molecule is [O-][n+]1c(-c2ccccc2)c(OC2CCCC2)nc2ccc(F)cc21. The fourth-order valence-corrected chi connectivity index (χ4v) is 3.21. The first-order valence-electron chi connectivity index (χ1n) is 8.17. The Morgan fingerprint density at radius 2 is 1.83 bits per heavy atom. The second-order valence-corrected chi connectivity index (χ2v) is 6.08. The topological polar surface area (TPSA) is 49.1 Å². The predicted molar refractivity (Wildman–Crippen MR) is 89.0 cm³/mol. The van der Waals surface area contributed by atoms with E-state index in [1.54, 1.807) is 0 Å². The van der Waals surface area contributed by atoms with E-state index in [9.17, 15) is 9.60 Å². The quantitative estimate of drug-likeness (QED) is 0.540. The van der Waals surface area contributed by atoms with E-state index in [-0.39, 0.29) is 11.6 Å². The highest BCUT2D eigenvalue weighted by Crippen LogP contribution is 2.31. The van der Waals surface area contributed by atoms with E-state index in [4.69, 9.17) is 4.74 Å². The van der Waals surface area contributed by atoms with Crippen LogP contribution in [0.25, 0.3) is 22.3 Å². The Morgan fingerprint density at radius 3 is 2.58 bits per heavy atom. The number of benzene rings is 2. The molecule has 0 amide bonds. The summed E-state index contributed by atoms with van der Waals surface area (Å²) in [5.41, 5.74) is 1.67. The number of nitrogens with zero attached hydrogens (tertiary/aromatic N) is 2. The molecule has 1 heterocycles. The van der Waals surface area contributed by atoms with Crippen LogP contribution in [0.5, 0.6) is 5.88 Å². The number of rotatable bonds is 3. The highest BCUT2D eigenvalue weighted by atomic mass is 19.1. The van der Waals surface area contributed by atoms with E-state index in [1.165, 1.54) is 18.2 Å². The van der Waals surface area contributed by atoms with Crippen molar-refractivity contribution < 1.29 is 13.9 Å². The average molecular weight is 324 g/mol. The molecule has 0 atom stereocenters. The third-order valence-corrected chi connectivity index (χ3v) is 4.41. The zero-order valence-corrected chi connectivity index (χ0v) is 13.1. The molecule has 1 aromatic heterocycles. The van der Waals surface area contributed by atoms with Gasteiger partial charge in [0.25, 0.3) is 11.6 Å². The van der Waals surface area contributed by atoms with E-state index >= 15 is 0 Å². The lowest BCUT2D eigenvalue weighted by Crippen LogP contribution is -2.32. The number of halogens is 1. The summed E-state index contributed by atoms with van der Waals surface area (Å²) in [7, 11) is 0. The smallest absolute Gasteiger partial charge is 0.291 e. The molecule has 0 saturated heterocycles. The summed E-state index contributed by atoms with van der Waals surface area (Å²) in [5.74, 6) is -0.139. The molecule has 1 saturated carbocycles. The van der Waals surface area contributed by atoms with Crippen molar-refractivity contribution in [2.24, 2.45) is 0 Å². The largest absolute Gasteiger partial charge is 0.618 e. The fourth-order valence-electron chi connectivity index (χ4n) is 3.21. The molecular formula is C19H17FN2O2. The number of fused-ring (bicyclic) bond motifs is 1. The van der Waals surface area contributed by atoms with Crippen LogP contribution in [0.4, 0.5) is 4.39 Å². The maximum Gasteiger partial charge on any atom is 0.291 e. The van der Waals surface area contributed by atoms with Gasteiger partial charge < -0.3 is 9.94 Å². The number of ether oxygens (including phenoxy) is 1. The lowest BCUT2D eigenvalue weighted by atomic mass is 10.1. The Labute approximate surface area is 139 Å². The summed E-state index contributed by atoms with van der Waals surface area (Å²) >= 11 is 0. The van der Waals surface area contributed by atoms with Crippen molar-refractivity contribution in [2.45, 2.75) is 31.8 Å². The summed E-state index contributed by atoms with van der Waals surface area (Å²) in [5, 5.41) is 12.9.